The quantitative estimate of drug-likeness (QED) is 0.607. The molecule has 0 aliphatic rings. The lowest BCUT2D eigenvalue weighted by atomic mass is 10.7. The van der Waals surface area contributed by atoms with Crippen LogP contribution in [0.1, 0.15) is 0 Å². The maximum atomic E-state index is 2.27. The zero-order valence-corrected chi connectivity index (χ0v) is 9.77. The van der Waals surface area contributed by atoms with Crippen molar-refractivity contribution in [2.24, 2.45) is 0 Å². The van der Waals surface area contributed by atoms with E-state index in [-0.39, 0.29) is 0 Å². The Hall–Kier alpha value is -1.94. The Kier molecular flexibility index (Phi) is 2.27. The molecule has 16 heavy (non-hydrogen) atoms. The SMILES string of the molecule is c1ccn([Si](n2cccc2)n2cccc2)c1. The van der Waals surface area contributed by atoms with Crippen LogP contribution in [0.15, 0.2) is 73.6 Å². The molecule has 0 aliphatic carbocycles. The van der Waals surface area contributed by atoms with Crippen LogP contribution in [0.5, 0.6) is 0 Å². The lowest BCUT2D eigenvalue weighted by molar-refractivity contribution is 0.965. The average Bonchev–Trinajstić information content (AvgIpc) is 3.02. The van der Waals surface area contributed by atoms with E-state index in [1.807, 2.05) is 0 Å². The van der Waals surface area contributed by atoms with Crippen LogP contribution in [0.2, 0.25) is 0 Å². The Balaban J connectivity index is 2.09. The van der Waals surface area contributed by atoms with Gasteiger partial charge < -0.3 is 12.7 Å². The Morgan fingerprint density at radius 2 is 0.688 bits per heavy atom. The van der Waals surface area contributed by atoms with Crippen molar-refractivity contribution in [3.63, 3.8) is 0 Å². The lowest BCUT2D eigenvalue weighted by Crippen LogP contribution is -2.39. The van der Waals surface area contributed by atoms with Gasteiger partial charge in [0.25, 0.3) is 0 Å². The van der Waals surface area contributed by atoms with E-state index in [0.29, 0.717) is 0 Å². The standard InChI is InChI=1S/C12H12N3Si/c1-2-8-13(7-1)16(14-9-3-4-10-14)15-11-5-6-12-15/h1-12H. The monoisotopic (exact) mass is 226 g/mol. The minimum absolute atomic E-state index is 0.998. The van der Waals surface area contributed by atoms with Crippen LogP contribution in [0, 0.1) is 0 Å². The van der Waals surface area contributed by atoms with E-state index in [2.05, 4.69) is 86.3 Å². The highest BCUT2D eigenvalue weighted by Gasteiger charge is 2.18. The van der Waals surface area contributed by atoms with Crippen molar-refractivity contribution in [1.29, 1.82) is 0 Å². The normalized spacial score (nSPS) is 11.1. The number of nitrogens with zero attached hydrogens (tertiary/aromatic N) is 3. The van der Waals surface area contributed by atoms with Gasteiger partial charge in [-0.2, -0.15) is 0 Å². The molecule has 4 heteroatoms. The molecular formula is C12H12N3Si. The molecule has 0 amide bonds. The predicted octanol–water partition coefficient (Wildman–Crippen LogP) is 2.02. The van der Waals surface area contributed by atoms with E-state index < -0.39 is 9.28 Å². The van der Waals surface area contributed by atoms with Gasteiger partial charge in [-0.3, -0.25) is 0 Å². The second-order valence-electron chi connectivity index (χ2n) is 3.57. The molecule has 0 aliphatic heterocycles. The van der Waals surface area contributed by atoms with E-state index >= 15 is 0 Å². The molecule has 3 aromatic rings. The van der Waals surface area contributed by atoms with Crippen molar-refractivity contribution < 1.29 is 0 Å². The molecule has 0 bridgehead atoms. The molecule has 0 fully saturated rings. The maximum absolute atomic E-state index is 2.27. The summed E-state index contributed by atoms with van der Waals surface area (Å²) in [6.07, 6.45) is 12.7. The number of rotatable bonds is 3. The molecule has 1 radical (unpaired) electrons. The molecule has 0 saturated heterocycles. The van der Waals surface area contributed by atoms with Crippen LogP contribution in [-0.2, 0) is 0 Å². The van der Waals surface area contributed by atoms with Crippen LogP contribution in [-0.4, -0.2) is 22.0 Å². The highest BCUT2D eigenvalue weighted by Crippen LogP contribution is 2.03. The van der Waals surface area contributed by atoms with Crippen molar-refractivity contribution >= 4 is 9.28 Å². The predicted molar refractivity (Wildman–Crippen MR) is 65.2 cm³/mol. The molecule has 0 unspecified atom stereocenters. The Labute approximate surface area is 96.0 Å². The summed E-state index contributed by atoms with van der Waals surface area (Å²) in [5, 5.41) is 0. The van der Waals surface area contributed by atoms with Crippen LogP contribution < -0.4 is 0 Å². The van der Waals surface area contributed by atoms with E-state index in [9.17, 15) is 0 Å². The largest absolute Gasteiger partial charge is 0.447 e. The Morgan fingerprint density at radius 1 is 0.438 bits per heavy atom. The highest BCUT2D eigenvalue weighted by molar-refractivity contribution is 6.53. The van der Waals surface area contributed by atoms with Crippen molar-refractivity contribution in [2.45, 2.75) is 0 Å². The van der Waals surface area contributed by atoms with Gasteiger partial charge >= 0.3 is 9.28 Å². The van der Waals surface area contributed by atoms with Crippen molar-refractivity contribution in [2.75, 3.05) is 0 Å². The molecule has 3 rings (SSSR count). The fraction of sp³-hybridized carbons (Fsp3) is 0. The van der Waals surface area contributed by atoms with Gasteiger partial charge in [0.1, 0.15) is 0 Å². The fourth-order valence-corrected chi connectivity index (χ4v) is 3.92. The van der Waals surface area contributed by atoms with Gasteiger partial charge in [0.2, 0.25) is 0 Å². The number of hydrogen-bond donors (Lipinski definition) is 0. The van der Waals surface area contributed by atoms with Gasteiger partial charge in [-0.25, -0.2) is 0 Å². The molecular weight excluding hydrogens is 214 g/mol. The van der Waals surface area contributed by atoms with Gasteiger partial charge in [0.05, 0.1) is 0 Å². The minimum atomic E-state index is -0.998. The smallest absolute Gasteiger partial charge is 0.344 e. The Morgan fingerprint density at radius 3 is 0.938 bits per heavy atom. The molecule has 3 heterocycles. The van der Waals surface area contributed by atoms with Gasteiger partial charge in [-0.15, -0.1) is 0 Å². The summed E-state index contributed by atoms with van der Waals surface area (Å²) in [4.78, 5) is 0. The van der Waals surface area contributed by atoms with E-state index in [1.165, 1.54) is 0 Å². The summed E-state index contributed by atoms with van der Waals surface area (Å²) in [5.74, 6) is 0. The molecule has 3 aromatic heterocycles. The molecule has 0 saturated carbocycles. The van der Waals surface area contributed by atoms with Crippen molar-refractivity contribution in [3.8, 4) is 0 Å². The second kappa shape index (κ2) is 3.90. The first kappa shape index (κ1) is 9.29. The summed E-state index contributed by atoms with van der Waals surface area (Å²) < 4.78 is 6.81. The first-order valence-electron chi connectivity index (χ1n) is 5.22. The molecule has 0 spiro atoms. The van der Waals surface area contributed by atoms with E-state index in [0.717, 1.165) is 0 Å². The van der Waals surface area contributed by atoms with Crippen molar-refractivity contribution in [1.82, 2.24) is 12.7 Å². The number of aromatic nitrogens is 3. The maximum Gasteiger partial charge on any atom is 0.447 e. The molecule has 0 N–H and O–H groups in total. The topological polar surface area (TPSA) is 14.8 Å². The molecule has 79 valence electrons. The highest BCUT2D eigenvalue weighted by atomic mass is 28.3. The Bertz CT molecular complexity index is 441. The van der Waals surface area contributed by atoms with Gasteiger partial charge in [0.15, 0.2) is 0 Å². The molecule has 0 atom stereocenters. The van der Waals surface area contributed by atoms with E-state index in [1.54, 1.807) is 0 Å². The van der Waals surface area contributed by atoms with Crippen LogP contribution in [0.25, 0.3) is 0 Å². The zero-order valence-electron chi connectivity index (χ0n) is 8.77. The van der Waals surface area contributed by atoms with Gasteiger partial charge in [-0.05, 0) is 73.6 Å². The van der Waals surface area contributed by atoms with E-state index in [4.69, 9.17) is 0 Å². The average molecular weight is 226 g/mol. The number of hydrogen-bond acceptors (Lipinski definition) is 0. The lowest BCUT2D eigenvalue weighted by Gasteiger charge is -2.17. The first-order chi connectivity index (χ1) is 7.95. The van der Waals surface area contributed by atoms with Crippen LogP contribution in [0.4, 0.5) is 0 Å². The summed E-state index contributed by atoms with van der Waals surface area (Å²) in [6, 6.07) is 12.4. The first-order valence-corrected chi connectivity index (χ1v) is 6.56. The van der Waals surface area contributed by atoms with Crippen LogP contribution in [0.3, 0.4) is 0 Å². The fourth-order valence-electron chi connectivity index (χ4n) is 1.80. The minimum Gasteiger partial charge on any atom is -0.344 e. The summed E-state index contributed by atoms with van der Waals surface area (Å²) >= 11 is 0. The third-order valence-corrected chi connectivity index (χ3v) is 4.79. The molecule has 0 aromatic carbocycles. The third kappa shape index (κ3) is 1.53. The second-order valence-corrected chi connectivity index (χ2v) is 5.72. The molecule has 3 nitrogen and oxygen atoms in total. The van der Waals surface area contributed by atoms with Gasteiger partial charge in [0, 0.05) is 0 Å². The zero-order chi connectivity index (χ0) is 10.8. The van der Waals surface area contributed by atoms with Gasteiger partial charge in [-0.1, -0.05) is 0 Å². The summed E-state index contributed by atoms with van der Waals surface area (Å²) in [7, 11) is -0.998. The third-order valence-electron chi connectivity index (χ3n) is 2.51. The van der Waals surface area contributed by atoms with Crippen LogP contribution >= 0.6 is 0 Å². The summed E-state index contributed by atoms with van der Waals surface area (Å²) in [5.41, 5.74) is 0. The summed E-state index contributed by atoms with van der Waals surface area (Å²) in [6.45, 7) is 0. The van der Waals surface area contributed by atoms with Crippen molar-refractivity contribution in [3.05, 3.63) is 73.6 Å².